The first-order valence-electron chi connectivity index (χ1n) is 10.8. The molecule has 0 radical (unpaired) electrons. The smallest absolute Gasteiger partial charge is 0.192 e. The van der Waals surface area contributed by atoms with Crippen molar-refractivity contribution in [3.8, 4) is 0 Å². The minimum atomic E-state index is -1.90. The van der Waals surface area contributed by atoms with Crippen LogP contribution in [0.2, 0.25) is 36.3 Å². The van der Waals surface area contributed by atoms with Gasteiger partial charge in [0.2, 0.25) is 0 Å². The molecule has 0 aliphatic carbocycles. The molecule has 0 fully saturated rings. The summed E-state index contributed by atoms with van der Waals surface area (Å²) in [7, 11) is -4.87. The van der Waals surface area contributed by atoms with Crippen LogP contribution in [0.4, 0.5) is 0 Å². The summed E-state index contributed by atoms with van der Waals surface area (Å²) in [6.45, 7) is 33.8. The summed E-state index contributed by atoms with van der Waals surface area (Å²) >= 11 is 0. The molecule has 0 saturated heterocycles. The summed E-state index contributed by atoms with van der Waals surface area (Å²) in [6, 6.07) is -0.146. The van der Waals surface area contributed by atoms with Crippen LogP contribution in [0.25, 0.3) is 0 Å². The topological polar surface area (TPSA) is 47.6 Å². The van der Waals surface area contributed by atoms with Gasteiger partial charge in [0, 0.05) is 6.61 Å². The van der Waals surface area contributed by atoms with Crippen LogP contribution in [0.5, 0.6) is 0 Å². The van der Waals surface area contributed by atoms with E-state index in [0.717, 1.165) is 12.0 Å². The second kappa shape index (κ2) is 10.2. The van der Waals surface area contributed by atoms with E-state index in [1.165, 1.54) is 0 Å². The van der Waals surface area contributed by atoms with E-state index in [2.05, 4.69) is 79.0 Å². The molecule has 0 amide bonds. The molecule has 0 bridgehead atoms. The Morgan fingerprint density at radius 1 is 0.897 bits per heavy atom. The van der Waals surface area contributed by atoms with Crippen molar-refractivity contribution in [1.29, 1.82) is 0 Å². The predicted octanol–water partition coefficient (Wildman–Crippen LogP) is 6.40. The van der Waals surface area contributed by atoms with E-state index in [0.29, 0.717) is 13.2 Å². The zero-order valence-electron chi connectivity index (χ0n) is 21.5. The second-order valence-electron chi connectivity index (χ2n) is 12.1. The number of hydrogen-bond donors (Lipinski definition) is 1. The van der Waals surface area contributed by atoms with Gasteiger partial charge in [-0.15, -0.1) is 0 Å². The minimum absolute atomic E-state index is 0.132. The Balaban J connectivity index is 5.19. The molecule has 0 aromatic carbocycles. The highest BCUT2D eigenvalue weighted by molar-refractivity contribution is 7.84. The van der Waals surface area contributed by atoms with Gasteiger partial charge in [0.1, 0.15) is 0 Å². The summed E-state index contributed by atoms with van der Waals surface area (Å²) < 4.78 is 28.5. The minimum Gasteiger partial charge on any atom is -0.417 e. The lowest BCUT2D eigenvalue weighted by Crippen LogP contribution is -2.48. The molecule has 0 unspecified atom stereocenters. The average molecular weight is 464 g/mol. The van der Waals surface area contributed by atoms with Gasteiger partial charge >= 0.3 is 0 Å². The van der Waals surface area contributed by atoms with Crippen molar-refractivity contribution in [2.45, 2.75) is 116 Å². The van der Waals surface area contributed by atoms with Gasteiger partial charge in [-0.3, -0.25) is 0 Å². The van der Waals surface area contributed by atoms with Gasteiger partial charge in [-0.05, 0) is 63.5 Å². The molecule has 0 saturated carbocycles. The van der Waals surface area contributed by atoms with Crippen LogP contribution in [0.1, 0.15) is 68.7 Å². The van der Waals surface area contributed by atoms with Gasteiger partial charge in [-0.25, -0.2) is 8.93 Å². The van der Waals surface area contributed by atoms with Gasteiger partial charge < -0.3 is 8.85 Å². The molecule has 0 rings (SSSR count). The van der Waals surface area contributed by atoms with Crippen LogP contribution in [0.15, 0.2) is 12.2 Å². The average Bonchev–Trinajstić information content (AvgIpc) is 2.47. The van der Waals surface area contributed by atoms with Crippen molar-refractivity contribution in [3.05, 3.63) is 12.2 Å². The Morgan fingerprint density at radius 3 is 1.69 bits per heavy atom. The quantitative estimate of drug-likeness (QED) is 0.301. The van der Waals surface area contributed by atoms with E-state index in [-0.39, 0.29) is 20.9 Å². The first kappa shape index (κ1) is 29.2. The molecular weight excluding hydrogens is 414 g/mol. The Morgan fingerprint density at radius 2 is 1.31 bits per heavy atom. The Kier molecular flexibility index (Phi) is 10.3. The molecule has 174 valence electrons. The zero-order valence-corrected chi connectivity index (χ0v) is 24.4. The van der Waals surface area contributed by atoms with E-state index in [1.54, 1.807) is 0 Å². The van der Waals surface area contributed by atoms with Crippen LogP contribution in [0.3, 0.4) is 0 Å². The number of hydrogen-bond acceptors (Lipinski definition) is 3. The van der Waals surface area contributed by atoms with Crippen LogP contribution in [-0.4, -0.2) is 44.8 Å². The van der Waals surface area contributed by atoms with Crippen LogP contribution in [-0.2, 0) is 19.8 Å². The Labute approximate surface area is 186 Å². The molecule has 29 heavy (non-hydrogen) atoms. The van der Waals surface area contributed by atoms with E-state index < -0.39 is 27.6 Å². The standard InChI is InChI=1S/C22H49NO3SSi2/c1-18(15-16-25-28(11,12)21(5,6)7)19(23-27(24)20(2,3)4)17-26-29(13,14)22(8,9)10/h19,23H,1,15-17H2,2-14H3/t19-,27+/m1/s1. The number of rotatable bonds is 10. The van der Waals surface area contributed by atoms with Crippen molar-refractivity contribution < 1.29 is 13.1 Å². The third-order valence-electron chi connectivity index (χ3n) is 6.41. The highest BCUT2D eigenvalue weighted by atomic mass is 32.2. The molecule has 0 aromatic heterocycles. The molecule has 0 spiro atoms. The van der Waals surface area contributed by atoms with Gasteiger partial charge in [-0.1, -0.05) is 53.7 Å². The van der Waals surface area contributed by atoms with Crippen LogP contribution >= 0.6 is 0 Å². The summed E-state index contributed by atoms with van der Waals surface area (Å²) in [5.74, 6) is 0. The summed E-state index contributed by atoms with van der Waals surface area (Å²) in [5, 5.41) is 0.318. The van der Waals surface area contributed by atoms with Crippen LogP contribution < -0.4 is 4.72 Å². The first-order chi connectivity index (χ1) is 12.6. The number of nitrogens with one attached hydrogen (secondary N) is 1. The summed E-state index contributed by atoms with van der Waals surface area (Å²) in [5.41, 5.74) is 1.00. The Hall–Kier alpha value is 0.204. The van der Waals surface area contributed by atoms with Gasteiger partial charge in [0.15, 0.2) is 16.6 Å². The molecule has 0 aliphatic rings. The summed E-state index contributed by atoms with van der Waals surface area (Å²) in [6.07, 6.45) is 0.742. The van der Waals surface area contributed by atoms with Crippen molar-refractivity contribution in [1.82, 2.24) is 4.72 Å². The van der Waals surface area contributed by atoms with Gasteiger partial charge in [-0.2, -0.15) is 0 Å². The molecule has 0 aromatic rings. The fourth-order valence-electron chi connectivity index (χ4n) is 1.88. The van der Waals surface area contributed by atoms with E-state index in [1.807, 2.05) is 20.8 Å². The molecule has 0 aliphatic heterocycles. The molecule has 1 N–H and O–H groups in total. The van der Waals surface area contributed by atoms with Crippen molar-refractivity contribution >= 4 is 27.6 Å². The molecule has 2 atom stereocenters. The van der Waals surface area contributed by atoms with Gasteiger partial charge in [0.05, 0.1) is 28.4 Å². The lowest BCUT2D eigenvalue weighted by atomic mass is 10.1. The largest absolute Gasteiger partial charge is 0.417 e. The maximum Gasteiger partial charge on any atom is 0.192 e. The monoisotopic (exact) mass is 463 g/mol. The fourth-order valence-corrected chi connectivity index (χ4v) is 4.79. The lowest BCUT2D eigenvalue weighted by Gasteiger charge is -2.38. The van der Waals surface area contributed by atoms with Crippen LogP contribution in [0, 0.1) is 0 Å². The van der Waals surface area contributed by atoms with E-state index in [9.17, 15) is 4.21 Å². The van der Waals surface area contributed by atoms with Crippen molar-refractivity contribution in [2.24, 2.45) is 0 Å². The zero-order chi connectivity index (χ0) is 23.5. The molecule has 4 nitrogen and oxygen atoms in total. The first-order valence-corrected chi connectivity index (χ1v) is 17.7. The Bertz CT molecular complexity index is 570. The van der Waals surface area contributed by atoms with E-state index >= 15 is 0 Å². The summed E-state index contributed by atoms with van der Waals surface area (Å²) in [4.78, 5) is 0. The predicted molar refractivity (Wildman–Crippen MR) is 135 cm³/mol. The molecule has 0 heterocycles. The molecular formula is C22H49NO3SSi2. The van der Waals surface area contributed by atoms with Gasteiger partial charge in [0.25, 0.3) is 0 Å². The molecule has 7 heteroatoms. The highest BCUT2D eigenvalue weighted by Gasteiger charge is 2.39. The second-order valence-corrected chi connectivity index (χ2v) is 23.8. The lowest BCUT2D eigenvalue weighted by molar-refractivity contribution is 0.257. The normalized spacial score (nSPS) is 16.6. The third-order valence-corrected chi connectivity index (χ3v) is 17.1. The third kappa shape index (κ3) is 9.48. The SMILES string of the molecule is C=C(CCO[Si](C)(C)C(C)(C)C)[C@@H](CO[Si](C)(C)C(C)(C)C)N[S@@](=O)C(C)(C)C. The maximum absolute atomic E-state index is 12.8. The van der Waals surface area contributed by atoms with E-state index in [4.69, 9.17) is 8.85 Å². The fraction of sp³-hybridized carbons (Fsp3) is 0.909. The van der Waals surface area contributed by atoms with Crippen molar-refractivity contribution in [3.63, 3.8) is 0 Å². The van der Waals surface area contributed by atoms with Crippen molar-refractivity contribution in [2.75, 3.05) is 13.2 Å². The highest BCUT2D eigenvalue weighted by Crippen LogP contribution is 2.38. The maximum atomic E-state index is 12.8.